The van der Waals surface area contributed by atoms with Gasteiger partial charge < -0.3 is 10.0 Å². The Bertz CT molecular complexity index is 437. The molecule has 1 aromatic rings. The molecule has 1 unspecified atom stereocenters. The highest BCUT2D eigenvalue weighted by Crippen LogP contribution is 2.34. The molecule has 2 aliphatic rings. The fraction of sp³-hybridized carbons (Fsp3) is 0.647. The van der Waals surface area contributed by atoms with Crippen molar-refractivity contribution in [3.63, 3.8) is 0 Å². The van der Waals surface area contributed by atoms with E-state index in [1.807, 2.05) is 0 Å². The summed E-state index contributed by atoms with van der Waals surface area (Å²) in [5.41, 5.74) is 2.34. The molecular weight excluding hydrogens is 234 g/mol. The number of rotatable bonds is 2. The quantitative estimate of drug-likeness (QED) is 0.880. The molecule has 1 aliphatic heterocycles. The van der Waals surface area contributed by atoms with Crippen LogP contribution in [-0.2, 0) is 6.42 Å². The van der Waals surface area contributed by atoms with Crippen LogP contribution in [0.3, 0.4) is 0 Å². The number of benzene rings is 1. The molecule has 0 saturated heterocycles. The number of nitrogens with zero attached hydrogens (tertiary/aromatic N) is 1. The molecule has 2 nitrogen and oxygen atoms in total. The summed E-state index contributed by atoms with van der Waals surface area (Å²) in [6.45, 7) is 4.21. The largest absolute Gasteiger partial charge is 0.388 e. The third kappa shape index (κ3) is 2.79. The van der Waals surface area contributed by atoms with Gasteiger partial charge in [-0.05, 0) is 36.8 Å². The molecule has 1 aromatic carbocycles. The van der Waals surface area contributed by atoms with Crippen LogP contribution in [0.4, 0.5) is 5.69 Å². The minimum absolute atomic E-state index is 0.456. The van der Waals surface area contributed by atoms with Gasteiger partial charge in [-0.25, -0.2) is 0 Å². The molecule has 0 amide bonds. The molecular formula is C17H25NO. The monoisotopic (exact) mass is 259 g/mol. The first-order valence-electron chi connectivity index (χ1n) is 7.72. The van der Waals surface area contributed by atoms with E-state index in [0.29, 0.717) is 5.92 Å². The molecule has 1 atom stereocenters. The van der Waals surface area contributed by atoms with Crippen LogP contribution in [0.1, 0.15) is 44.6 Å². The fourth-order valence-corrected chi connectivity index (χ4v) is 3.78. The van der Waals surface area contributed by atoms with Crippen LogP contribution in [-0.4, -0.2) is 23.8 Å². The van der Waals surface area contributed by atoms with Crippen molar-refractivity contribution < 1.29 is 5.11 Å². The molecule has 1 N–H and O–H groups in total. The van der Waals surface area contributed by atoms with Crippen molar-refractivity contribution in [2.75, 3.05) is 18.0 Å². The Balaban J connectivity index is 1.81. The van der Waals surface area contributed by atoms with Crippen LogP contribution < -0.4 is 4.90 Å². The fourth-order valence-electron chi connectivity index (χ4n) is 3.78. The van der Waals surface area contributed by atoms with E-state index in [1.165, 1.54) is 36.9 Å². The molecule has 0 spiro atoms. The summed E-state index contributed by atoms with van der Waals surface area (Å²) in [6.07, 6.45) is 6.77. The molecule has 1 saturated carbocycles. The minimum Gasteiger partial charge on any atom is -0.388 e. The Morgan fingerprint density at radius 3 is 2.74 bits per heavy atom. The van der Waals surface area contributed by atoms with E-state index < -0.39 is 5.60 Å². The van der Waals surface area contributed by atoms with E-state index in [-0.39, 0.29) is 0 Å². The molecule has 1 fully saturated rings. The smallest absolute Gasteiger partial charge is 0.0821 e. The number of fused-ring (bicyclic) bond motifs is 1. The number of para-hydroxylation sites is 1. The Morgan fingerprint density at radius 1 is 1.21 bits per heavy atom. The van der Waals surface area contributed by atoms with Gasteiger partial charge in [0, 0.05) is 18.8 Å². The molecule has 0 aromatic heterocycles. The zero-order valence-corrected chi connectivity index (χ0v) is 11.9. The zero-order valence-electron chi connectivity index (χ0n) is 11.9. The number of aliphatic hydroxyl groups is 1. The predicted molar refractivity (Wildman–Crippen MR) is 79.6 cm³/mol. The predicted octanol–water partition coefficient (Wildman–Crippen LogP) is 3.38. The highest BCUT2D eigenvalue weighted by Gasteiger charge is 2.33. The van der Waals surface area contributed by atoms with Gasteiger partial charge >= 0.3 is 0 Å². The van der Waals surface area contributed by atoms with Gasteiger partial charge in [-0.3, -0.25) is 0 Å². The van der Waals surface area contributed by atoms with Crippen molar-refractivity contribution in [3.8, 4) is 0 Å². The van der Waals surface area contributed by atoms with Crippen molar-refractivity contribution >= 4 is 5.69 Å². The Morgan fingerprint density at radius 2 is 1.95 bits per heavy atom. The zero-order chi connectivity index (χ0) is 13.3. The average Bonchev–Trinajstić information content (AvgIpc) is 2.39. The van der Waals surface area contributed by atoms with E-state index in [1.54, 1.807) is 0 Å². The lowest BCUT2D eigenvalue weighted by molar-refractivity contribution is 0.0103. The molecule has 3 rings (SSSR count). The Labute approximate surface area is 116 Å². The molecule has 1 heterocycles. The molecule has 104 valence electrons. The van der Waals surface area contributed by atoms with Crippen molar-refractivity contribution in [1.29, 1.82) is 0 Å². The van der Waals surface area contributed by atoms with Crippen LogP contribution in [0.15, 0.2) is 24.3 Å². The first kappa shape index (κ1) is 13.0. The van der Waals surface area contributed by atoms with E-state index in [0.717, 1.165) is 25.9 Å². The van der Waals surface area contributed by atoms with Gasteiger partial charge in [0.25, 0.3) is 0 Å². The van der Waals surface area contributed by atoms with Crippen molar-refractivity contribution in [2.45, 2.75) is 51.0 Å². The first-order chi connectivity index (χ1) is 9.16. The average molecular weight is 259 g/mol. The maximum absolute atomic E-state index is 10.8. The highest BCUT2D eigenvalue weighted by atomic mass is 16.3. The van der Waals surface area contributed by atoms with Crippen LogP contribution in [0.25, 0.3) is 0 Å². The number of anilines is 1. The van der Waals surface area contributed by atoms with Crippen LogP contribution in [0.5, 0.6) is 0 Å². The van der Waals surface area contributed by atoms with Crippen LogP contribution >= 0.6 is 0 Å². The second-order valence-corrected chi connectivity index (χ2v) is 6.60. The van der Waals surface area contributed by atoms with Crippen molar-refractivity contribution in [3.05, 3.63) is 29.8 Å². The van der Waals surface area contributed by atoms with Gasteiger partial charge in [0.05, 0.1) is 5.60 Å². The summed E-state index contributed by atoms with van der Waals surface area (Å²) in [6, 6.07) is 8.70. The van der Waals surface area contributed by atoms with Crippen LogP contribution in [0, 0.1) is 5.92 Å². The molecule has 19 heavy (non-hydrogen) atoms. The number of hydrogen-bond acceptors (Lipinski definition) is 2. The normalized spacial score (nSPS) is 26.0. The lowest BCUT2D eigenvalue weighted by Crippen LogP contribution is -2.47. The maximum atomic E-state index is 10.8. The van der Waals surface area contributed by atoms with E-state index in [4.69, 9.17) is 0 Å². The second-order valence-electron chi connectivity index (χ2n) is 6.60. The first-order valence-corrected chi connectivity index (χ1v) is 7.72. The Kier molecular flexibility index (Phi) is 3.53. The van der Waals surface area contributed by atoms with Gasteiger partial charge in [0.15, 0.2) is 0 Å². The van der Waals surface area contributed by atoms with Crippen molar-refractivity contribution in [2.24, 2.45) is 5.92 Å². The summed E-state index contributed by atoms with van der Waals surface area (Å²) >= 11 is 0. The molecule has 1 aliphatic carbocycles. The van der Waals surface area contributed by atoms with Gasteiger partial charge in [-0.1, -0.05) is 44.4 Å². The number of β-amino-alcohol motifs (C(OH)–C–C–N with tert-alkyl or cyclic N) is 1. The van der Waals surface area contributed by atoms with E-state index >= 15 is 0 Å². The summed E-state index contributed by atoms with van der Waals surface area (Å²) in [7, 11) is 0. The summed E-state index contributed by atoms with van der Waals surface area (Å²) in [4.78, 5) is 2.43. The second kappa shape index (κ2) is 5.16. The van der Waals surface area contributed by atoms with Gasteiger partial charge in [-0.2, -0.15) is 0 Å². The highest BCUT2D eigenvalue weighted by molar-refractivity contribution is 5.56. The van der Waals surface area contributed by atoms with Crippen molar-refractivity contribution in [1.82, 2.24) is 0 Å². The Hall–Kier alpha value is -1.02. The summed E-state index contributed by atoms with van der Waals surface area (Å²) in [5.74, 6) is 0.682. The molecule has 2 heteroatoms. The lowest BCUT2D eigenvalue weighted by Gasteiger charge is -2.42. The SMILES string of the molecule is CC1Cc2ccccc2N(CC2(O)CCCCC2)C1. The number of hydrogen-bond donors (Lipinski definition) is 1. The van der Waals surface area contributed by atoms with Gasteiger partial charge in [0.2, 0.25) is 0 Å². The summed E-state index contributed by atoms with van der Waals surface area (Å²) < 4.78 is 0. The third-order valence-electron chi connectivity index (χ3n) is 4.70. The lowest BCUT2D eigenvalue weighted by atomic mass is 9.83. The minimum atomic E-state index is -0.456. The van der Waals surface area contributed by atoms with E-state index in [9.17, 15) is 5.11 Å². The van der Waals surface area contributed by atoms with Gasteiger partial charge in [0.1, 0.15) is 0 Å². The topological polar surface area (TPSA) is 23.5 Å². The molecule has 0 bridgehead atoms. The summed E-state index contributed by atoms with van der Waals surface area (Å²) in [5, 5.41) is 10.8. The van der Waals surface area contributed by atoms with Gasteiger partial charge in [-0.15, -0.1) is 0 Å². The standard InChI is InChI=1S/C17H25NO/c1-14-11-15-7-3-4-8-16(15)18(12-14)13-17(19)9-5-2-6-10-17/h3-4,7-8,14,19H,2,5-6,9-13H2,1H3. The van der Waals surface area contributed by atoms with E-state index in [2.05, 4.69) is 36.1 Å². The van der Waals surface area contributed by atoms with Crippen LogP contribution in [0.2, 0.25) is 0 Å². The molecule has 0 radical (unpaired) electrons. The third-order valence-corrected chi connectivity index (χ3v) is 4.70. The maximum Gasteiger partial charge on any atom is 0.0821 e.